The van der Waals surface area contributed by atoms with Crippen LogP contribution in [0.1, 0.15) is 0 Å². The van der Waals surface area contributed by atoms with Crippen LogP contribution in [0.25, 0.3) is 22.4 Å². The van der Waals surface area contributed by atoms with Gasteiger partial charge in [-0.3, -0.25) is 4.98 Å². The number of aromatic nitrogens is 5. The lowest BCUT2D eigenvalue weighted by molar-refractivity contribution is 0.475. The van der Waals surface area contributed by atoms with Crippen LogP contribution in [-0.4, -0.2) is 30.5 Å². The molecule has 0 saturated carbocycles. The molecule has 0 atom stereocenters. The van der Waals surface area contributed by atoms with Gasteiger partial charge < -0.3 is 21.1 Å². The summed E-state index contributed by atoms with van der Waals surface area (Å²) in [6.45, 7) is 0. The number of fused-ring (bicyclic) bond motifs is 1. The van der Waals surface area contributed by atoms with Crippen molar-refractivity contribution in [1.29, 1.82) is 0 Å². The molecule has 8 nitrogen and oxygen atoms in total. The number of aromatic hydroxyl groups is 1. The standard InChI is InChI=1S/C16H13N7O/c17-11-2-1-7-18-14(11)15-13-12(8-19-16(13)22-23-21-15)20-9-3-5-10(24)6-4-9/h1-8,20,24H,17H2,(H,19,21,22). The molecule has 0 aliphatic heterocycles. The maximum Gasteiger partial charge on any atom is 0.166 e. The van der Waals surface area contributed by atoms with Crippen LogP contribution >= 0.6 is 0 Å². The van der Waals surface area contributed by atoms with E-state index in [0.717, 1.165) is 16.8 Å². The smallest absolute Gasteiger partial charge is 0.166 e. The van der Waals surface area contributed by atoms with E-state index in [9.17, 15) is 5.11 Å². The quantitative estimate of drug-likeness (QED) is 0.427. The molecule has 0 spiro atoms. The van der Waals surface area contributed by atoms with E-state index in [0.29, 0.717) is 22.7 Å². The van der Waals surface area contributed by atoms with E-state index >= 15 is 0 Å². The summed E-state index contributed by atoms with van der Waals surface area (Å²) in [6.07, 6.45) is 3.43. The van der Waals surface area contributed by atoms with Gasteiger partial charge in [-0.1, -0.05) is 0 Å². The fraction of sp³-hybridized carbons (Fsp3) is 0. The van der Waals surface area contributed by atoms with Crippen LogP contribution in [0.4, 0.5) is 17.1 Å². The highest BCUT2D eigenvalue weighted by atomic mass is 16.3. The Labute approximate surface area is 136 Å². The SMILES string of the molecule is Nc1cccnc1-c1nnnc2[nH]cc(Nc3ccc(O)cc3)c12. The number of nitrogens with zero attached hydrogens (tertiary/aromatic N) is 4. The van der Waals surface area contributed by atoms with Crippen LogP contribution in [0, 0.1) is 0 Å². The van der Waals surface area contributed by atoms with Crippen LogP contribution in [0.2, 0.25) is 0 Å². The summed E-state index contributed by atoms with van der Waals surface area (Å²) in [4.78, 5) is 7.36. The van der Waals surface area contributed by atoms with E-state index in [1.54, 1.807) is 48.8 Å². The predicted octanol–water partition coefficient (Wildman–Crippen LogP) is 2.45. The monoisotopic (exact) mass is 319 g/mol. The number of phenolic OH excluding ortho intramolecular Hbond substituents is 1. The molecule has 24 heavy (non-hydrogen) atoms. The number of anilines is 3. The Kier molecular flexibility index (Phi) is 3.20. The average molecular weight is 319 g/mol. The van der Waals surface area contributed by atoms with Crippen molar-refractivity contribution in [3.05, 3.63) is 48.8 Å². The number of nitrogens with one attached hydrogen (secondary N) is 2. The second-order valence-corrected chi connectivity index (χ2v) is 5.18. The van der Waals surface area contributed by atoms with Gasteiger partial charge in [0.1, 0.15) is 17.1 Å². The molecule has 0 radical (unpaired) electrons. The molecule has 4 aromatic rings. The molecule has 0 aliphatic rings. The molecule has 118 valence electrons. The zero-order valence-electron chi connectivity index (χ0n) is 12.4. The van der Waals surface area contributed by atoms with Gasteiger partial charge in [0.25, 0.3) is 0 Å². The summed E-state index contributed by atoms with van der Waals surface area (Å²) in [5, 5.41) is 25.3. The van der Waals surface area contributed by atoms with Crippen LogP contribution in [0.15, 0.2) is 48.8 Å². The zero-order chi connectivity index (χ0) is 16.5. The van der Waals surface area contributed by atoms with Crippen LogP contribution in [-0.2, 0) is 0 Å². The van der Waals surface area contributed by atoms with E-state index in [2.05, 4.69) is 30.7 Å². The van der Waals surface area contributed by atoms with Crippen LogP contribution in [0.5, 0.6) is 5.75 Å². The fourth-order valence-electron chi connectivity index (χ4n) is 2.47. The van der Waals surface area contributed by atoms with E-state index in [-0.39, 0.29) is 5.75 Å². The van der Waals surface area contributed by atoms with E-state index in [4.69, 9.17) is 5.73 Å². The second kappa shape index (κ2) is 5.51. The molecule has 0 fully saturated rings. The Balaban J connectivity index is 1.86. The Bertz CT molecular complexity index is 1010. The lowest BCUT2D eigenvalue weighted by atomic mass is 10.1. The third kappa shape index (κ3) is 2.35. The van der Waals surface area contributed by atoms with Gasteiger partial charge in [-0.2, -0.15) is 0 Å². The Morgan fingerprint density at radius 2 is 1.88 bits per heavy atom. The maximum atomic E-state index is 9.39. The van der Waals surface area contributed by atoms with Crippen molar-refractivity contribution in [3.63, 3.8) is 0 Å². The first-order valence-electron chi connectivity index (χ1n) is 7.20. The van der Waals surface area contributed by atoms with E-state index in [1.807, 2.05) is 0 Å². The summed E-state index contributed by atoms with van der Waals surface area (Å²) in [5.74, 6) is 0.203. The molecule has 3 heterocycles. The topological polar surface area (TPSA) is 126 Å². The van der Waals surface area contributed by atoms with Crippen molar-refractivity contribution in [2.45, 2.75) is 0 Å². The molecular weight excluding hydrogens is 306 g/mol. The highest BCUT2D eigenvalue weighted by molar-refractivity contribution is 6.02. The summed E-state index contributed by atoms with van der Waals surface area (Å²) in [5.41, 5.74) is 9.77. The lowest BCUT2D eigenvalue weighted by Crippen LogP contribution is -1.99. The van der Waals surface area contributed by atoms with E-state index < -0.39 is 0 Å². The van der Waals surface area contributed by atoms with E-state index in [1.165, 1.54) is 0 Å². The molecule has 0 saturated heterocycles. The molecule has 0 aliphatic carbocycles. The minimum Gasteiger partial charge on any atom is -0.508 e. The van der Waals surface area contributed by atoms with Gasteiger partial charge in [0.15, 0.2) is 5.65 Å². The number of phenols is 1. The lowest BCUT2D eigenvalue weighted by Gasteiger charge is -2.08. The maximum absolute atomic E-state index is 9.39. The van der Waals surface area contributed by atoms with Crippen molar-refractivity contribution in [2.24, 2.45) is 0 Å². The number of nitrogens with two attached hydrogens (primary N) is 1. The normalized spacial score (nSPS) is 10.8. The van der Waals surface area contributed by atoms with Gasteiger partial charge in [0.2, 0.25) is 0 Å². The first-order chi connectivity index (χ1) is 11.7. The van der Waals surface area contributed by atoms with Gasteiger partial charge >= 0.3 is 0 Å². The number of hydrogen-bond acceptors (Lipinski definition) is 7. The highest BCUT2D eigenvalue weighted by Gasteiger charge is 2.16. The Morgan fingerprint density at radius 1 is 1.04 bits per heavy atom. The number of aromatic amines is 1. The first kappa shape index (κ1) is 13.9. The first-order valence-corrected chi connectivity index (χ1v) is 7.20. The van der Waals surface area contributed by atoms with Gasteiger partial charge in [0.05, 0.1) is 16.8 Å². The number of pyridine rings is 1. The third-order valence-electron chi connectivity index (χ3n) is 3.60. The molecule has 0 unspecified atom stereocenters. The summed E-state index contributed by atoms with van der Waals surface area (Å²) >= 11 is 0. The minimum absolute atomic E-state index is 0.203. The molecule has 0 amide bonds. The van der Waals surface area contributed by atoms with Crippen molar-refractivity contribution >= 4 is 28.1 Å². The number of nitrogen functional groups attached to an aromatic ring is 1. The summed E-state index contributed by atoms with van der Waals surface area (Å²) in [6, 6.07) is 10.3. The molecule has 0 bridgehead atoms. The number of hydrogen-bond donors (Lipinski definition) is 4. The van der Waals surface area contributed by atoms with Gasteiger partial charge in [-0.25, -0.2) is 0 Å². The Hall–Kier alpha value is -3.68. The number of H-pyrrole nitrogens is 1. The fourth-order valence-corrected chi connectivity index (χ4v) is 2.47. The summed E-state index contributed by atoms with van der Waals surface area (Å²) in [7, 11) is 0. The van der Waals surface area contributed by atoms with Crippen molar-refractivity contribution < 1.29 is 5.11 Å². The van der Waals surface area contributed by atoms with Crippen molar-refractivity contribution in [2.75, 3.05) is 11.1 Å². The van der Waals surface area contributed by atoms with Gasteiger partial charge in [0, 0.05) is 18.1 Å². The highest BCUT2D eigenvalue weighted by Crippen LogP contribution is 2.33. The predicted molar refractivity (Wildman–Crippen MR) is 90.7 cm³/mol. The number of rotatable bonds is 3. The summed E-state index contributed by atoms with van der Waals surface area (Å²) < 4.78 is 0. The third-order valence-corrected chi connectivity index (χ3v) is 3.60. The Morgan fingerprint density at radius 3 is 2.67 bits per heavy atom. The van der Waals surface area contributed by atoms with Gasteiger partial charge in [-0.15, -0.1) is 10.2 Å². The van der Waals surface area contributed by atoms with Gasteiger partial charge in [-0.05, 0) is 41.6 Å². The molecule has 3 aromatic heterocycles. The van der Waals surface area contributed by atoms with Crippen molar-refractivity contribution in [1.82, 2.24) is 25.4 Å². The molecule has 5 N–H and O–H groups in total. The largest absolute Gasteiger partial charge is 0.508 e. The van der Waals surface area contributed by atoms with Crippen LogP contribution < -0.4 is 11.1 Å². The number of benzene rings is 1. The average Bonchev–Trinajstić information content (AvgIpc) is 3.01. The molecule has 1 aromatic carbocycles. The molecule has 4 rings (SSSR count). The molecular formula is C16H13N7O. The van der Waals surface area contributed by atoms with Crippen LogP contribution in [0.3, 0.4) is 0 Å². The second-order valence-electron chi connectivity index (χ2n) is 5.18. The van der Waals surface area contributed by atoms with Crippen molar-refractivity contribution in [3.8, 4) is 17.1 Å². The zero-order valence-corrected chi connectivity index (χ0v) is 12.4. The minimum atomic E-state index is 0.203. The molecule has 8 heteroatoms.